The van der Waals surface area contributed by atoms with Gasteiger partial charge < -0.3 is 15.4 Å². The summed E-state index contributed by atoms with van der Waals surface area (Å²) in [5.74, 6) is 1.06. The minimum absolute atomic E-state index is 0.00576. The van der Waals surface area contributed by atoms with E-state index in [0.717, 1.165) is 31.6 Å². The van der Waals surface area contributed by atoms with Gasteiger partial charge in [0.15, 0.2) is 0 Å². The predicted molar refractivity (Wildman–Crippen MR) is 68.6 cm³/mol. The lowest BCUT2D eigenvalue weighted by Gasteiger charge is -2.14. The van der Waals surface area contributed by atoms with Crippen LogP contribution < -0.4 is 15.4 Å². The minimum Gasteiger partial charge on any atom is -0.488 e. The number of fused-ring (bicyclic) bond motifs is 1. The highest BCUT2D eigenvalue weighted by molar-refractivity contribution is 5.82. The molecule has 2 atom stereocenters. The monoisotopic (exact) mass is 246 g/mol. The van der Waals surface area contributed by atoms with E-state index in [2.05, 4.69) is 16.7 Å². The first-order valence-corrected chi connectivity index (χ1v) is 6.58. The van der Waals surface area contributed by atoms with Crippen molar-refractivity contribution in [2.24, 2.45) is 0 Å². The Balaban J connectivity index is 1.49. The molecule has 0 aliphatic carbocycles. The van der Waals surface area contributed by atoms with E-state index >= 15 is 0 Å². The van der Waals surface area contributed by atoms with Crippen LogP contribution in [0, 0.1) is 0 Å². The van der Waals surface area contributed by atoms with Crippen molar-refractivity contribution >= 4 is 5.91 Å². The number of benzene rings is 1. The van der Waals surface area contributed by atoms with Gasteiger partial charge in [0.2, 0.25) is 5.91 Å². The van der Waals surface area contributed by atoms with Crippen molar-refractivity contribution in [1.29, 1.82) is 0 Å². The van der Waals surface area contributed by atoms with E-state index in [1.807, 2.05) is 18.2 Å². The van der Waals surface area contributed by atoms with Gasteiger partial charge in [0.05, 0.1) is 12.6 Å². The fraction of sp³-hybridized carbons (Fsp3) is 0.500. The molecule has 2 unspecified atom stereocenters. The van der Waals surface area contributed by atoms with Crippen LogP contribution in [0.4, 0.5) is 0 Å². The molecule has 2 aliphatic rings. The number of amides is 1. The molecular weight excluding hydrogens is 228 g/mol. The average molecular weight is 246 g/mol. The van der Waals surface area contributed by atoms with Crippen molar-refractivity contribution in [2.75, 3.05) is 13.1 Å². The molecule has 1 saturated heterocycles. The number of para-hydroxylation sites is 1. The number of carbonyl (C=O) groups is 1. The van der Waals surface area contributed by atoms with Crippen molar-refractivity contribution in [3.05, 3.63) is 29.8 Å². The summed E-state index contributed by atoms with van der Waals surface area (Å²) >= 11 is 0. The Morgan fingerprint density at radius 2 is 2.33 bits per heavy atom. The van der Waals surface area contributed by atoms with Crippen LogP contribution in [0.25, 0.3) is 0 Å². The van der Waals surface area contributed by atoms with E-state index in [9.17, 15) is 4.79 Å². The molecule has 2 aliphatic heterocycles. The Bertz CT molecular complexity index is 416. The maximum Gasteiger partial charge on any atom is 0.237 e. The van der Waals surface area contributed by atoms with Gasteiger partial charge in [0.1, 0.15) is 11.9 Å². The molecule has 1 amide bonds. The third-order valence-electron chi connectivity index (χ3n) is 3.59. The summed E-state index contributed by atoms with van der Waals surface area (Å²) in [4.78, 5) is 11.8. The highest BCUT2D eigenvalue weighted by atomic mass is 16.5. The minimum atomic E-state index is -0.00576. The van der Waals surface area contributed by atoms with Crippen LogP contribution in [0.15, 0.2) is 24.3 Å². The molecule has 96 valence electrons. The first-order chi connectivity index (χ1) is 8.83. The van der Waals surface area contributed by atoms with Crippen molar-refractivity contribution in [2.45, 2.75) is 31.4 Å². The topological polar surface area (TPSA) is 50.4 Å². The third kappa shape index (κ3) is 2.34. The van der Waals surface area contributed by atoms with Crippen molar-refractivity contribution in [3.8, 4) is 5.75 Å². The fourth-order valence-electron chi connectivity index (χ4n) is 2.61. The van der Waals surface area contributed by atoms with Crippen molar-refractivity contribution in [3.63, 3.8) is 0 Å². The van der Waals surface area contributed by atoms with Crippen LogP contribution >= 0.6 is 0 Å². The van der Waals surface area contributed by atoms with Gasteiger partial charge in [-0.25, -0.2) is 0 Å². The van der Waals surface area contributed by atoms with Crippen LogP contribution in [0.2, 0.25) is 0 Å². The van der Waals surface area contributed by atoms with Gasteiger partial charge in [0, 0.05) is 6.42 Å². The zero-order valence-corrected chi connectivity index (χ0v) is 10.3. The van der Waals surface area contributed by atoms with E-state index in [1.165, 1.54) is 5.56 Å². The van der Waals surface area contributed by atoms with E-state index in [-0.39, 0.29) is 18.1 Å². The molecule has 2 N–H and O–H groups in total. The molecule has 0 spiro atoms. The molecule has 4 heteroatoms. The maximum atomic E-state index is 11.8. The quantitative estimate of drug-likeness (QED) is 0.831. The van der Waals surface area contributed by atoms with Gasteiger partial charge in [-0.1, -0.05) is 18.2 Å². The SMILES string of the molecule is O=C(NCC1Cc2ccccc2O1)C1CCCN1. The van der Waals surface area contributed by atoms with Gasteiger partial charge in [-0.15, -0.1) is 0 Å². The van der Waals surface area contributed by atoms with Gasteiger partial charge in [-0.3, -0.25) is 4.79 Å². The number of rotatable bonds is 3. The second kappa shape index (κ2) is 4.98. The molecule has 0 aromatic heterocycles. The summed E-state index contributed by atoms with van der Waals surface area (Å²) in [5.41, 5.74) is 1.23. The third-order valence-corrected chi connectivity index (χ3v) is 3.59. The van der Waals surface area contributed by atoms with Gasteiger partial charge in [-0.05, 0) is 31.0 Å². The normalized spacial score (nSPS) is 25.6. The highest BCUT2D eigenvalue weighted by Gasteiger charge is 2.25. The summed E-state index contributed by atoms with van der Waals surface area (Å²) in [6, 6.07) is 8.05. The maximum absolute atomic E-state index is 11.8. The Labute approximate surface area is 107 Å². The van der Waals surface area contributed by atoms with Crippen LogP contribution in [0.1, 0.15) is 18.4 Å². The fourth-order valence-corrected chi connectivity index (χ4v) is 2.61. The zero-order chi connectivity index (χ0) is 12.4. The van der Waals surface area contributed by atoms with Gasteiger partial charge >= 0.3 is 0 Å². The molecule has 0 bridgehead atoms. The predicted octanol–water partition coefficient (Wildman–Crippen LogP) is 0.858. The number of hydrogen-bond acceptors (Lipinski definition) is 3. The summed E-state index contributed by atoms with van der Waals surface area (Å²) in [5, 5.41) is 6.17. The highest BCUT2D eigenvalue weighted by Crippen LogP contribution is 2.27. The summed E-state index contributed by atoms with van der Waals surface area (Å²) in [7, 11) is 0. The lowest BCUT2D eigenvalue weighted by Crippen LogP contribution is -2.44. The lowest BCUT2D eigenvalue weighted by atomic mass is 10.1. The molecule has 0 radical (unpaired) electrons. The van der Waals surface area contributed by atoms with Crippen LogP contribution in [0.3, 0.4) is 0 Å². The smallest absolute Gasteiger partial charge is 0.237 e. The van der Waals surface area contributed by atoms with Crippen LogP contribution in [0.5, 0.6) is 5.75 Å². The Morgan fingerprint density at radius 3 is 3.11 bits per heavy atom. The van der Waals surface area contributed by atoms with E-state index in [1.54, 1.807) is 0 Å². The molecule has 1 aromatic carbocycles. The average Bonchev–Trinajstić information content (AvgIpc) is 3.04. The molecule has 4 nitrogen and oxygen atoms in total. The largest absolute Gasteiger partial charge is 0.488 e. The molecule has 1 aromatic rings. The van der Waals surface area contributed by atoms with E-state index in [0.29, 0.717) is 6.54 Å². The Morgan fingerprint density at radius 1 is 1.44 bits per heavy atom. The van der Waals surface area contributed by atoms with E-state index in [4.69, 9.17) is 4.74 Å². The first kappa shape index (κ1) is 11.5. The summed E-state index contributed by atoms with van der Waals surface area (Å²) in [6.45, 7) is 1.54. The summed E-state index contributed by atoms with van der Waals surface area (Å²) in [6.07, 6.45) is 2.99. The standard InChI is InChI=1S/C14H18N2O2/c17-14(12-5-3-7-15-12)16-9-11-8-10-4-1-2-6-13(10)18-11/h1-2,4,6,11-12,15H,3,5,7-9H2,(H,16,17). The van der Waals surface area contributed by atoms with Crippen LogP contribution in [-0.4, -0.2) is 31.1 Å². The summed E-state index contributed by atoms with van der Waals surface area (Å²) < 4.78 is 5.78. The molecule has 0 saturated carbocycles. The van der Waals surface area contributed by atoms with Crippen LogP contribution in [-0.2, 0) is 11.2 Å². The number of ether oxygens (including phenoxy) is 1. The van der Waals surface area contributed by atoms with Gasteiger partial charge in [0.25, 0.3) is 0 Å². The Kier molecular flexibility index (Phi) is 3.19. The number of carbonyl (C=O) groups excluding carboxylic acids is 1. The second-order valence-corrected chi connectivity index (χ2v) is 4.95. The van der Waals surface area contributed by atoms with Crippen molar-refractivity contribution in [1.82, 2.24) is 10.6 Å². The zero-order valence-electron chi connectivity index (χ0n) is 10.3. The molecule has 2 heterocycles. The lowest BCUT2D eigenvalue weighted by molar-refractivity contribution is -0.123. The second-order valence-electron chi connectivity index (χ2n) is 4.95. The van der Waals surface area contributed by atoms with Crippen molar-refractivity contribution < 1.29 is 9.53 Å². The number of hydrogen-bond donors (Lipinski definition) is 2. The number of nitrogens with one attached hydrogen (secondary N) is 2. The first-order valence-electron chi connectivity index (χ1n) is 6.58. The molecule has 18 heavy (non-hydrogen) atoms. The van der Waals surface area contributed by atoms with Gasteiger partial charge in [-0.2, -0.15) is 0 Å². The molecule has 3 rings (SSSR count). The molecular formula is C14H18N2O2. The Hall–Kier alpha value is -1.55. The van der Waals surface area contributed by atoms with E-state index < -0.39 is 0 Å². The molecule has 1 fully saturated rings.